The summed E-state index contributed by atoms with van der Waals surface area (Å²) in [6, 6.07) is 6.34. The molecule has 1 N–H and O–H groups in total. The van der Waals surface area contributed by atoms with Crippen LogP contribution < -0.4 is 0 Å². The Balaban J connectivity index is 2.73. The first-order valence-electron chi connectivity index (χ1n) is 4.89. The summed E-state index contributed by atoms with van der Waals surface area (Å²) in [5.74, 6) is 0. The normalized spacial score (nSPS) is 15.2. The number of benzene rings is 1. The lowest BCUT2D eigenvalue weighted by molar-refractivity contribution is 0.178. The maximum absolute atomic E-state index is 9.69. The number of aliphatic hydroxyl groups excluding tert-OH is 1. The van der Waals surface area contributed by atoms with Crippen molar-refractivity contribution in [3.63, 3.8) is 0 Å². The first-order valence-corrected chi connectivity index (χ1v) is 5.80. The summed E-state index contributed by atoms with van der Waals surface area (Å²) in [5.41, 5.74) is 3.79. The van der Waals surface area contributed by atoms with E-state index in [4.69, 9.17) is 0 Å². The number of rotatable bonds is 3. The Kier molecular flexibility index (Phi) is 4.14. The van der Waals surface area contributed by atoms with Crippen LogP contribution in [-0.4, -0.2) is 16.0 Å². The van der Waals surface area contributed by atoms with Gasteiger partial charge < -0.3 is 5.11 Å². The van der Waals surface area contributed by atoms with Crippen molar-refractivity contribution in [1.82, 2.24) is 0 Å². The number of halogens is 1. The molecule has 2 unspecified atom stereocenters. The molecule has 0 saturated heterocycles. The minimum atomic E-state index is -0.308. The minimum absolute atomic E-state index is 0.143. The van der Waals surface area contributed by atoms with Crippen molar-refractivity contribution in [2.45, 2.75) is 38.1 Å². The second kappa shape index (κ2) is 4.94. The molecule has 0 radical (unpaired) electrons. The number of hydrogen-bond donors (Lipinski definition) is 1. The lowest BCUT2D eigenvalue weighted by atomic mass is 10.0. The largest absolute Gasteiger partial charge is 0.392 e. The Hall–Kier alpha value is -0.340. The van der Waals surface area contributed by atoms with Crippen LogP contribution in [0.15, 0.2) is 18.2 Å². The van der Waals surface area contributed by atoms with Crippen LogP contribution in [0.5, 0.6) is 0 Å². The number of hydrogen-bond acceptors (Lipinski definition) is 1. The molecule has 1 aromatic carbocycles. The third kappa shape index (κ3) is 3.10. The van der Waals surface area contributed by atoms with Gasteiger partial charge in [0, 0.05) is 4.83 Å². The number of aliphatic hydroxyl groups is 1. The van der Waals surface area contributed by atoms with Crippen molar-refractivity contribution >= 4 is 15.9 Å². The number of alkyl halides is 1. The lowest BCUT2D eigenvalue weighted by Gasteiger charge is -2.13. The van der Waals surface area contributed by atoms with Crippen LogP contribution in [0, 0.1) is 13.8 Å². The van der Waals surface area contributed by atoms with E-state index in [1.807, 2.05) is 6.92 Å². The van der Waals surface area contributed by atoms with Gasteiger partial charge in [0.05, 0.1) is 6.10 Å². The SMILES string of the molecule is Cc1ccc(CC(O)C(C)Br)cc1C. The van der Waals surface area contributed by atoms with Crippen molar-refractivity contribution in [2.75, 3.05) is 0 Å². The van der Waals surface area contributed by atoms with Crippen LogP contribution in [0.2, 0.25) is 0 Å². The van der Waals surface area contributed by atoms with Crippen LogP contribution in [-0.2, 0) is 6.42 Å². The van der Waals surface area contributed by atoms with Crippen LogP contribution in [0.1, 0.15) is 23.6 Å². The highest BCUT2D eigenvalue weighted by Crippen LogP contribution is 2.14. The molecule has 0 aromatic heterocycles. The van der Waals surface area contributed by atoms with Gasteiger partial charge in [-0.05, 0) is 37.0 Å². The molecular formula is C12H17BrO. The van der Waals surface area contributed by atoms with Gasteiger partial charge in [-0.3, -0.25) is 0 Å². The highest BCUT2D eigenvalue weighted by molar-refractivity contribution is 9.09. The van der Waals surface area contributed by atoms with Crippen LogP contribution in [0.25, 0.3) is 0 Å². The van der Waals surface area contributed by atoms with Crippen LogP contribution in [0.3, 0.4) is 0 Å². The van der Waals surface area contributed by atoms with Gasteiger partial charge in [0.1, 0.15) is 0 Å². The van der Waals surface area contributed by atoms with E-state index in [0.717, 1.165) is 0 Å². The Labute approximate surface area is 94.3 Å². The van der Waals surface area contributed by atoms with E-state index >= 15 is 0 Å². The molecule has 0 aliphatic rings. The van der Waals surface area contributed by atoms with Gasteiger partial charge in [-0.15, -0.1) is 0 Å². The maximum Gasteiger partial charge on any atom is 0.0702 e. The quantitative estimate of drug-likeness (QED) is 0.825. The Morgan fingerprint density at radius 2 is 1.93 bits per heavy atom. The van der Waals surface area contributed by atoms with Gasteiger partial charge in [0.15, 0.2) is 0 Å². The molecule has 1 aromatic rings. The van der Waals surface area contributed by atoms with Crippen molar-refractivity contribution < 1.29 is 5.11 Å². The molecule has 0 aliphatic heterocycles. The van der Waals surface area contributed by atoms with E-state index in [2.05, 4.69) is 48.0 Å². The minimum Gasteiger partial charge on any atom is -0.392 e. The summed E-state index contributed by atoms with van der Waals surface area (Å²) in [5, 5.41) is 9.69. The molecule has 0 bridgehead atoms. The van der Waals surface area contributed by atoms with E-state index in [0.29, 0.717) is 6.42 Å². The van der Waals surface area contributed by atoms with Crippen molar-refractivity contribution in [3.05, 3.63) is 34.9 Å². The zero-order valence-electron chi connectivity index (χ0n) is 8.92. The molecular weight excluding hydrogens is 240 g/mol. The summed E-state index contributed by atoms with van der Waals surface area (Å²) in [6.07, 6.45) is 0.408. The summed E-state index contributed by atoms with van der Waals surface area (Å²) < 4.78 is 0. The third-order valence-corrected chi connectivity index (χ3v) is 3.16. The molecule has 14 heavy (non-hydrogen) atoms. The van der Waals surface area contributed by atoms with E-state index in [9.17, 15) is 5.11 Å². The maximum atomic E-state index is 9.69. The Bertz CT molecular complexity index is 307. The summed E-state index contributed by atoms with van der Waals surface area (Å²) in [6.45, 7) is 6.16. The predicted molar refractivity (Wildman–Crippen MR) is 64.0 cm³/mol. The third-order valence-electron chi connectivity index (χ3n) is 2.55. The fraction of sp³-hybridized carbons (Fsp3) is 0.500. The van der Waals surface area contributed by atoms with Crippen molar-refractivity contribution in [3.8, 4) is 0 Å². The van der Waals surface area contributed by atoms with E-state index in [1.165, 1.54) is 16.7 Å². The standard InChI is InChI=1S/C12H17BrO/c1-8-4-5-11(6-9(8)2)7-12(14)10(3)13/h4-6,10,12,14H,7H2,1-3H3. The second-order valence-corrected chi connectivity index (χ2v) is 5.31. The summed E-state index contributed by atoms with van der Waals surface area (Å²) in [4.78, 5) is 0.143. The molecule has 0 saturated carbocycles. The Morgan fingerprint density at radius 1 is 1.29 bits per heavy atom. The molecule has 0 fully saturated rings. The van der Waals surface area contributed by atoms with Crippen LogP contribution in [0.4, 0.5) is 0 Å². The predicted octanol–water partition coefficient (Wildman–Crippen LogP) is 2.99. The molecule has 0 amide bonds. The van der Waals surface area contributed by atoms with Gasteiger partial charge in [0.25, 0.3) is 0 Å². The molecule has 0 spiro atoms. The second-order valence-electron chi connectivity index (χ2n) is 3.87. The molecule has 0 aliphatic carbocycles. The smallest absolute Gasteiger partial charge is 0.0702 e. The lowest BCUT2D eigenvalue weighted by Crippen LogP contribution is -2.19. The number of aryl methyl sites for hydroxylation is 2. The van der Waals surface area contributed by atoms with E-state index < -0.39 is 0 Å². The monoisotopic (exact) mass is 256 g/mol. The topological polar surface area (TPSA) is 20.2 Å². The average Bonchev–Trinajstić information content (AvgIpc) is 2.11. The molecule has 1 nitrogen and oxygen atoms in total. The highest BCUT2D eigenvalue weighted by atomic mass is 79.9. The molecule has 78 valence electrons. The molecule has 2 heteroatoms. The van der Waals surface area contributed by atoms with Gasteiger partial charge in [0.2, 0.25) is 0 Å². The molecule has 0 heterocycles. The fourth-order valence-corrected chi connectivity index (χ4v) is 1.52. The zero-order chi connectivity index (χ0) is 10.7. The molecule has 1 rings (SSSR count). The zero-order valence-corrected chi connectivity index (χ0v) is 10.5. The van der Waals surface area contributed by atoms with Gasteiger partial charge in [-0.2, -0.15) is 0 Å². The first-order chi connectivity index (χ1) is 6.50. The summed E-state index contributed by atoms with van der Waals surface area (Å²) >= 11 is 3.38. The van der Waals surface area contributed by atoms with E-state index in [-0.39, 0.29) is 10.9 Å². The van der Waals surface area contributed by atoms with Crippen LogP contribution >= 0.6 is 15.9 Å². The average molecular weight is 257 g/mol. The van der Waals surface area contributed by atoms with Crippen molar-refractivity contribution in [1.29, 1.82) is 0 Å². The van der Waals surface area contributed by atoms with Gasteiger partial charge in [-0.1, -0.05) is 41.1 Å². The summed E-state index contributed by atoms with van der Waals surface area (Å²) in [7, 11) is 0. The van der Waals surface area contributed by atoms with E-state index in [1.54, 1.807) is 0 Å². The fourth-order valence-electron chi connectivity index (χ4n) is 1.33. The highest BCUT2D eigenvalue weighted by Gasteiger charge is 2.11. The Morgan fingerprint density at radius 3 is 2.43 bits per heavy atom. The van der Waals surface area contributed by atoms with Gasteiger partial charge >= 0.3 is 0 Å². The van der Waals surface area contributed by atoms with Crippen molar-refractivity contribution in [2.24, 2.45) is 0 Å². The van der Waals surface area contributed by atoms with Gasteiger partial charge in [-0.25, -0.2) is 0 Å². The molecule has 2 atom stereocenters. The first kappa shape index (κ1) is 11.7.